The molecule has 0 saturated carbocycles. The number of anilines is 2. The van der Waals surface area contributed by atoms with Crippen LogP contribution in [0.15, 0.2) is 18.3 Å². The summed E-state index contributed by atoms with van der Waals surface area (Å²) in [6, 6.07) is 3.90. The number of aromatic nitrogens is 1. The number of amides is 1. The van der Waals surface area contributed by atoms with Gasteiger partial charge < -0.3 is 20.3 Å². The first-order chi connectivity index (χ1) is 11.2. The predicted molar refractivity (Wildman–Crippen MR) is 90.8 cm³/mol. The molecule has 2 saturated heterocycles. The van der Waals surface area contributed by atoms with Crippen LogP contribution in [0.4, 0.5) is 11.5 Å². The van der Waals surface area contributed by atoms with Crippen molar-refractivity contribution in [3.8, 4) is 0 Å². The molecule has 1 amide bonds. The molecule has 2 fully saturated rings. The SMILES string of the molecule is CC1CCC(CCC(=O)Nc2ccc(N3CCNCC3)cn2)O1. The Morgan fingerprint density at radius 1 is 1.39 bits per heavy atom. The summed E-state index contributed by atoms with van der Waals surface area (Å²) in [4.78, 5) is 18.7. The number of rotatable bonds is 5. The number of hydrogen-bond acceptors (Lipinski definition) is 5. The molecule has 2 aliphatic rings. The maximum absolute atomic E-state index is 12.0. The van der Waals surface area contributed by atoms with Crippen LogP contribution in [-0.4, -0.2) is 49.3 Å². The van der Waals surface area contributed by atoms with Gasteiger partial charge in [0, 0.05) is 32.6 Å². The Bertz CT molecular complexity index is 514. The van der Waals surface area contributed by atoms with Gasteiger partial charge in [0.2, 0.25) is 5.91 Å². The smallest absolute Gasteiger partial charge is 0.225 e. The molecule has 0 spiro atoms. The molecule has 0 aliphatic carbocycles. The third-order valence-corrected chi connectivity index (χ3v) is 4.51. The van der Waals surface area contributed by atoms with E-state index in [1.165, 1.54) is 0 Å². The minimum absolute atomic E-state index is 0.00979. The van der Waals surface area contributed by atoms with Crippen LogP contribution in [-0.2, 0) is 9.53 Å². The van der Waals surface area contributed by atoms with Crippen molar-refractivity contribution in [1.82, 2.24) is 10.3 Å². The Balaban J connectivity index is 1.44. The van der Waals surface area contributed by atoms with E-state index in [0.717, 1.165) is 51.1 Å². The first-order valence-corrected chi connectivity index (χ1v) is 8.58. The lowest BCUT2D eigenvalue weighted by atomic mass is 10.1. The molecule has 1 aromatic heterocycles. The zero-order valence-corrected chi connectivity index (χ0v) is 13.8. The van der Waals surface area contributed by atoms with E-state index in [1.54, 1.807) is 0 Å². The van der Waals surface area contributed by atoms with Crippen LogP contribution in [0, 0.1) is 0 Å². The lowest BCUT2D eigenvalue weighted by molar-refractivity contribution is -0.116. The molecule has 23 heavy (non-hydrogen) atoms. The molecule has 1 aromatic rings. The molecule has 0 radical (unpaired) electrons. The number of carbonyl (C=O) groups excluding carboxylic acids is 1. The number of nitrogens with one attached hydrogen (secondary N) is 2. The molecule has 6 heteroatoms. The summed E-state index contributed by atoms with van der Waals surface area (Å²) < 4.78 is 5.74. The van der Waals surface area contributed by atoms with E-state index >= 15 is 0 Å². The Hall–Kier alpha value is -1.66. The average Bonchev–Trinajstić information content (AvgIpc) is 3.00. The van der Waals surface area contributed by atoms with Crippen LogP contribution >= 0.6 is 0 Å². The van der Waals surface area contributed by atoms with Gasteiger partial charge in [0.1, 0.15) is 5.82 Å². The van der Waals surface area contributed by atoms with Gasteiger partial charge in [-0.05, 0) is 38.3 Å². The Morgan fingerprint density at radius 2 is 2.22 bits per heavy atom. The van der Waals surface area contributed by atoms with E-state index < -0.39 is 0 Å². The van der Waals surface area contributed by atoms with Crippen molar-refractivity contribution < 1.29 is 9.53 Å². The number of nitrogens with zero attached hydrogens (tertiary/aromatic N) is 2. The number of piperazine rings is 1. The maximum atomic E-state index is 12.0. The quantitative estimate of drug-likeness (QED) is 0.866. The summed E-state index contributed by atoms with van der Waals surface area (Å²) in [5, 5.41) is 6.20. The first-order valence-electron chi connectivity index (χ1n) is 8.58. The highest BCUT2D eigenvalue weighted by molar-refractivity contribution is 5.89. The van der Waals surface area contributed by atoms with Crippen LogP contribution in [0.25, 0.3) is 0 Å². The molecule has 2 N–H and O–H groups in total. The topological polar surface area (TPSA) is 66.5 Å². The van der Waals surface area contributed by atoms with E-state index in [4.69, 9.17) is 4.74 Å². The van der Waals surface area contributed by atoms with Gasteiger partial charge in [0.15, 0.2) is 0 Å². The average molecular weight is 318 g/mol. The lowest BCUT2D eigenvalue weighted by Crippen LogP contribution is -2.43. The fourth-order valence-corrected chi connectivity index (χ4v) is 3.17. The van der Waals surface area contributed by atoms with Crippen LogP contribution < -0.4 is 15.5 Å². The van der Waals surface area contributed by atoms with Crippen molar-refractivity contribution >= 4 is 17.4 Å². The minimum atomic E-state index is 0.00979. The van der Waals surface area contributed by atoms with Crippen molar-refractivity contribution in [3.05, 3.63) is 18.3 Å². The highest BCUT2D eigenvalue weighted by Crippen LogP contribution is 2.22. The zero-order chi connectivity index (χ0) is 16.1. The molecule has 3 heterocycles. The minimum Gasteiger partial charge on any atom is -0.375 e. The Kier molecular flexibility index (Phi) is 5.46. The predicted octanol–water partition coefficient (Wildman–Crippen LogP) is 1.78. The van der Waals surface area contributed by atoms with Gasteiger partial charge in [0.25, 0.3) is 0 Å². The van der Waals surface area contributed by atoms with E-state index in [2.05, 4.69) is 27.4 Å². The number of ether oxygens (including phenoxy) is 1. The standard InChI is InChI=1S/C17H26N4O2/c1-13-2-4-15(23-13)5-7-17(22)20-16-6-3-14(12-19-16)21-10-8-18-9-11-21/h3,6,12-13,15,18H,2,4-5,7-11H2,1H3,(H,19,20,22). The number of pyridine rings is 1. The molecule has 2 atom stereocenters. The Labute approximate surface area is 137 Å². The third-order valence-electron chi connectivity index (χ3n) is 4.51. The van der Waals surface area contributed by atoms with Gasteiger partial charge in [-0.25, -0.2) is 4.98 Å². The van der Waals surface area contributed by atoms with Crippen LogP contribution in [0.1, 0.15) is 32.6 Å². The zero-order valence-electron chi connectivity index (χ0n) is 13.8. The molecule has 3 rings (SSSR count). The Morgan fingerprint density at radius 3 is 2.87 bits per heavy atom. The first kappa shape index (κ1) is 16.2. The molecular weight excluding hydrogens is 292 g/mol. The summed E-state index contributed by atoms with van der Waals surface area (Å²) >= 11 is 0. The van der Waals surface area contributed by atoms with Crippen molar-refractivity contribution in [2.24, 2.45) is 0 Å². The second kappa shape index (κ2) is 7.75. The van der Waals surface area contributed by atoms with E-state index in [-0.39, 0.29) is 12.0 Å². The molecule has 2 unspecified atom stereocenters. The van der Waals surface area contributed by atoms with Gasteiger partial charge in [-0.2, -0.15) is 0 Å². The molecule has 126 valence electrons. The fraction of sp³-hybridized carbons (Fsp3) is 0.647. The van der Waals surface area contributed by atoms with Gasteiger partial charge >= 0.3 is 0 Å². The fourth-order valence-electron chi connectivity index (χ4n) is 3.17. The van der Waals surface area contributed by atoms with Gasteiger partial charge in [0.05, 0.1) is 24.1 Å². The summed E-state index contributed by atoms with van der Waals surface area (Å²) in [7, 11) is 0. The summed E-state index contributed by atoms with van der Waals surface area (Å²) in [6.45, 7) is 6.07. The monoisotopic (exact) mass is 318 g/mol. The lowest BCUT2D eigenvalue weighted by Gasteiger charge is -2.29. The number of carbonyl (C=O) groups is 1. The van der Waals surface area contributed by atoms with E-state index in [1.807, 2.05) is 18.3 Å². The largest absolute Gasteiger partial charge is 0.375 e. The highest BCUT2D eigenvalue weighted by atomic mass is 16.5. The van der Waals surface area contributed by atoms with E-state index in [0.29, 0.717) is 18.3 Å². The van der Waals surface area contributed by atoms with Crippen molar-refractivity contribution in [1.29, 1.82) is 0 Å². The van der Waals surface area contributed by atoms with Crippen LogP contribution in [0.3, 0.4) is 0 Å². The van der Waals surface area contributed by atoms with Crippen LogP contribution in [0.5, 0.6) is 0 Å². The van der Waals surface area contributed by atoms with E-state index in [9.17, 15) is 4.79 Å². The highest BCUT2D eigenvalue weighted by Gasteiger charge is 2.22. The molecule has 0 aromatic carbocycles. The van der Waals surface area contributed by atoms with Gasteiger partial charge in [-0.15, -0.1) is 0 Å². The molecule has 0 bridgehead atoms. The summed E-state index contributed by atoms with van der Waals surface area (Å²) in [6.07, 6.45) is 5.84. The molecule has 6 nitrogen and oxygen atoms in total. The molecule has 2 aliphatic heterocycles. The van der Waals surface area contributed by atoms with Crippen molar-refractivity contribution in [3.63, 3.8) is 0 Å². The van der Waals surface area contributed by atoms with Crippen molar-refractivity contribution in [2.45, 2.75) is 44.8 Å². The summed E-state index contributed by atoms with van der Waals surface area (Å²) in [5.74, 6) is 0.630. The summed E-state index contributed by atoms with van der Waals surface area (Å²) in [5.41, 5.74) is 1.11. The molecular formula is C17H26N4O2. The van der Waals surface area contributed by atoms with Gasteiger partial charge in [-0.1, -0.05) is 0 Å². The number of hydrogen-bond donors (Lipinski definition) is 2. The third kappa shape index (κ3) is 4.65. The normalized spacial score (nSPS) is 24.7. The van der Waals surface area contributed by atoms with Crippen molar-refractivity contribution in [2.75, 3.05) is 36.4 Å². The van der Waals surface area contributed by atoms with Gasteiger partial charge in [-0.3, -0.25) is 4.79 Å². The second-order valence-electron chi connectivity index (χ2n) is 6.37. The maximum Gasteiger partial charge on any atom is 0.225 e. The second-order valence-corrected chi connectivity index (χ2v) is 6.37. The van der Waals surface area contributed by atoms with Crippen LogP contribution in [0.2, 0.25) is 0 Å².